The van der Waals surface area contributed by atoms with E-state index in [0.29, 0.717) is 27.1 Å². The second-order valence-electron chi connectivity index (χ2n) is 6.35. The van der Waals surface area contributed by atoms with E-state index >= 15 is 0 Å². The standard InChI is InChI=1S/C22H16Cl2N2OS/c23-17-11-12-18-21(20(17)24)26-22(28-18)25-19(27)13-16(14-7-3-1-4-8-14)15-9-5-2-6-10-15/h1-12,16H,13H2,(H,25,26,27). The highest BCUT2D eigenvalue weighted by Crippen LogP contribution is 2.35. The Labute approximate surface area is 177 Å². The minimum atomic E-state index is -0.0982. The first-order valence-corrected chi connectivity index (χ1v) is 10.3. The second kappa shape index (κ2) is 8.31. The smallest absolute Gasteiger partial charge is 0.227 e. The molecular weight excluding hydrogens is 411 g/mol. The highest BCUT2D eigenvalue weighted by Gasteiger charge is 2.19. The van der Waals surface area contributed by atoms with Gasteiger partial charge in [-0.15, -0.1) is 0 Å². The number of nitrogens with one attached hydrogen (secondary N) is 1. The number of fused-ring (bicyclic) bond motifs is 1. The third-order valence-corrected chi connectivity index (χ3v) is 6.22. The lowest BCUT2D eigenvalue weighted by atomic mass is 9.88. The number of thiazole rings is 1. The van der Waals surface area contributed by atoms with E-state index in [0.717, 1.165) is 15.8 Å². The fourth-order valence-corrected chi connectivity index (χ4v) is 4.45. The van der Waals surface area contributed by atoms with Gasteiger partial charge in [0.2, 0.25) is 5.91 Å². The van der Waals surface area contributed by atoms with Crippen LogP contribution in [0.4, 0.5) is 5.13 Å². The maximum Gasteiger partial charge on any atom is 0.227 e. The number of halogens is 2. The van der Waals surface area contributed by atoms with Crippen LogP contribution in [0.15, 0.2) is 72.8 Å². The molecule has 1 N–H and O–H groups in total. The van der Waals surface area contributed by atoms with Gasteiger partial charge in [0.15, 0.2) is 5.13 Å². The third-order valence-electron chi connectivity index (χ3n) is 4.49. The summed E-state index contributed by atoms with van der Waals surface area (Å²) in [7, 11) is 0. The van der Waals surface area contributed by atoms with Crippen LogP contribution >= 0.6 is 34.5 Å². The number of nitrogens with zero attached hydrogens (tertiary/aromatic N) is 1. The molecule has 4 rings (SSSR count). The monoisotopic (exact) mass is 426 g/mol. The lowest BCUT2D eigenvalue weighted by Crippen LogP contribution is -2.16. The van der Waals surface area contributed by atoms with Crippen molar-refractivity contribution < 1.29 is 4.79 Å². The molecule has 1 heterocycles. The summed E-state index contributed by atoms with van der Waals surface area (Å²) in [6, 6.07) is 23.7. The SMILES string of the molecule is O=C(CC(c1ccccc1)c1ccccc1)Nc1nc2c(Cl)c(Cl)ccc2s1. The Hall–Kier alpha value is -2.40. The number of carbonyl (C=O) groups excluding carboxylic acids is 1. The van der Waals surface area contributed by atoms with E-state index in [1.54, 1.807) is 6.07 Å². The molecule has 0 bridgehead atoms. The lowest BCUT2D eigenvalue weighted by molar-refractivity contribution is -0.116. The molecule has 0 aliphatic heterocycles. The van der Waals surface area contributed by atoms with Crippen LogP contribution < -0.4 is 5.32 Å². The molecule has 28 heavy (non-hydrogen) atoms. The largest absolute Gasteiger partial charge is 0.302 e. The van der Waals surface area contributed by atoms with Gasteiger partial charge in [0.25, 0.3) is 0 Å². The van der Waals surface area contributed by atoms with Crippen LogP contribution in [0.25, 0.3) is 10.2 Å². The predicted molar refractivity (Wildman–Crippen MR) is 118 cm³/mol. The number of aromatic nitrogens is 1. The van der Waals surface area contributed by atoms with Crippen LogP contribution in [0, 0.1) is 0 Å². The number of carbonyl (C=O) groups is 1. The van der Waals surface area contributed by atoms with Gasteiger partial charge in [0.05, 0.1) is 14.7 Å². The van der Waals surface area contributed by atoms with Gasteiger partial charge in [-0.2, -0.15) is 0 Å². The third kappa shape index (κ3) is 4.04. The van der Waals surface area contributed by atoms with Gasteiger partial charge in [0.1, 0.15) is 5.52 Å². The highest BCUT2D eigenvalue weighted by atomic mass is 35.5. The maximum absolute atomic E-state index is 12.8. The summed E-state index contributed by atoms with van der Waals surface area (Å²) < 4.78 is 0.882. The fourth-order valence-electron chi connectivity index (χ4n) is 3.15. The molecule has 140 valence electrons. The summed E-state index contributed by atoms with van der Waals surface area (Å²) in [6.45, 7) is 0. The van der Waals surface area contributed by atoms with E-state index in [4.69, 9.17) is 23.2 Å². The molecule has 3 nitrogen and oxygen atoms in total. The van der Waals surface area contributed by atoms with Crippen molar-refractivity contribution in [2.45, 2.75) is 12.3 Å². The van der Waals surface area contributed by atoms with Gasteiger partial charge < -0.3 is 5.32 Å². The normalized spacial score (nSPS) is 11.1. The van der Waals surface area contributed by atoms with Gasteiger partial charge in [-0.1, -0.05) is 95.2 Å². The average molecular weight is 427 g/mol. The summed E-state index contributed by atoms with van der Waals surface area (Å²) in [4.78, 5) is 17.2. The fraction of sp³-hybridized carbons (Fsp3) is 0.0909. The van der Waals surface area contributed by atoms with E-state index in [1.165, 1.54) is 11.3 Å². The van der Waals surface area contributed by atoms with Gasteiger partial charge >= 0.3 is 0 Å². The Morgan fingerprint density at radius 2 is 1.54 bits per heavy atom. The van der Waals surface area contributed by atoms with E-state index in [-0.39, 0.29) is 11.8 Å². The van der Waals surface area contributed by atoms with Crippen molar-refractivity contribution in [1.82, 2.24) is 4.98 Å². The number of amides is 1. The summed E-state index contributed by atoms with van der Waals surface area (Å²) in [5, 5.41) is 4.29. The topological polar surface area (TPSA) is 42.0 Å². The highest BCUT2D eigenvalue weighted by molar-refractivity contribution is 7.22. The Morgan fingerprint density at radius 1 is 0.929 bits per heavy atom. The number of hydrogen-bond donors (Lipinski definition) is 1. The van der Waals surface area contributed by atoms with Gasteiger partial charge in [-0.3, -0.25) is 4.79 Å². The number of benzene rings is 3. The quantitative estimate of drug-likeness (QED) is 0.382. The first-order valence-electron chi connectivity index (χ1n) is 8.76. The van der Waals surface area contributed by atoms with Crippen molar-refractivity contribution in [3.63, 3.8) is 0 Å². The van der Waals surface area contributed by atoms with Crippen molar-refractivity contribution in [2.24, 2.45) is 0 Å². The molecule has 1 amide bonds. The van der Waals surface area contributed by atoms with Crippen molar-refractivity contribution in [1.29, 1.82) is 0 Å². The molecule has 0 atom stereocenters. The Morgan fingerprint density at radius 3 is 2.14 bits per heavy atom. The molecule has 1 aromatic heterocycles. The molecule has 0 spiro atoms. The average Bonchev–Trinajstić information content (AvgIpc) is 3.13. The minimum absolute atomic E-state index is 0.0326. The van der Waals surface area contributed by atoms with Crippen molar-refractivity contribution in [2.75, 3.05) is 5.32 Å². The zero-order valence-corrected chi connectivity index (χ0v) is 17.1. The second-order valence-corrected chi connectivity index (χ2v) is 8.17. The Bertz CT molecular complexity index is 1070. The number of hydrogen-bond acceptors (Lipinski definition) is 3. The van der Waals surface area contributed by atoms with E-state index in [1.807, 2.05) is 66.7 Å². The molecule has 6 heteroatoms. The zero-order chi connectivity index (χ0) is 19.5. The van der Waals surface area contributed by atoms with Crippen LogP contribution in [0.1, 0.15) is 23.5 Å². The van der Waals surface area contributed by atoms with Gasteiger partial charge in [-0.05, 0) is 23.3 Å². The number of rotatable bonds is 5. The van der Waals surface area contributed by atoms with E-state index in [9.17, 15) is 4.79 Å². The minimum Gasteiger partial charge on any atom is -0.302 e. The van der Waals surface area contributed by atoms with Gasteiger partial charge in [-0.25, -0.2) is 4.98 Å². The van der Waals surface area contributed by atoms with Gasteiger partial charge in [0, 0.05) is 12.3 Å². The summed E-state index contributed by atoms with van der Waals surface area (Å²) in [5.74, 6) is -0.131. The lowest BCUT2D eigenvalue weighted by Gasteiger charge is -2.17. The number of anilines is 1. The molecule has 0 radical (unpaired) electrons. The molecule has 0 saturated heterocycles. The van der Waals surface area contributed by atoms with Crippen LogP contribution in [0.2, 0.25) is 10.0 Å². The van der Waals surface area contributed by atoms with Crippen LogP contribution in [0.5, 0.6) is 0 Å². The van der Waals surface area contributed by atoms with Crippen LogP contribution in [-0.4, -0.2) is 10.9 Å². The molecule has 0 saturated carbocycles. The van der Waals surface area contributed by atoms with Crippen LogP contribution in [0.3, 0.4) is 0 Å². The molecule has 0 fully saturated rings. The van der Waals surface area contributed by atoms with Crippen molar-refractivity contribution in [3.05, 3.63) is 94.0 Å². The maximum atomic E-state index is 12.8. The van der Waals surface area contributed by atoms with Crippen molar-refractivity contribution >= 4 is 55.8 Å². The first kappa shape index (κ1) is 18.9. The molecule has 0 aliphatic rings. The Kier molecular flexibility index (Phi) is 5.62. The van der Waals surface area contributed by atoms with Crippen molar-refractivity contribution in [3.8, 4) is 0 Å². The summed E-state index contributed by atoms with van der Waals surface area (Å²) in [6.07, 6.45) is 0.318. The van der Waals surface area contributed by atoms with Crippen LogP contribution in [-0.2, 0) is 4.79 Å². The predicted octanol–water partition coefficient (Wildman–Crippen LogP) is 6.76. The molecule has 3 aromatic carbocycles. The Balaban J connectivity index is 1.58. The zero-order valence-electron chi connectivity index (χ0n) is 14.7. The summed E-state index contributed by atoms with van der Waals surface area (Å²) in [5.41, 5.74) is 2.81. The molecule has 0 aliphatic carbocycles. The molecule has 4 aromatic rings. The first-order chi connectivity index (χ1) is 13.6. The van der Waals surface area contributed by atoms with E-state index in [2.05, 4.69) is 10.3 Å². The summed E-state index contributed by atoms with van der Waals surface area (Å²) >= 11 is 13.7. The molecular formula is C22H16Cl2N2OS. The van der Waals surface area contributed by atoms with E-state index < -0.39 is 0 Å². The molecule has 0 unspecified atom stereocenters.